The predicted octanol–water partition coefficient (Wildman–Crippen LogP) is 4.45. The standard InChI is InChI=1S/C17H18ClNO/c1-11-4-6-14(13(3)8-11)9-17(20)19-16-10-15(18)7-5-12(16)2/h4-8,10H,9H2,1-3H3,(H,19,20). The first-order valence-electron chi connectivity index (χ1n) is 6.58. The highest BCUT2D eigenvalue weighted by molar-refractivity contribution is 6.31. The molecule has 0 aliphatic heterocycles. The Bertz CT molecular complexity index is 649. The van der Waals surface area contributed by atoms with E-state index in [1.807, 2.05) is 45.0 Å². The molecule has 2 rings (SSSR count). The van der Waals surface area contributed by atoms with E-state index < -0.39 is 0 Å². The van der Waals surface area contributed by atoms with Crippen LogP contribution in [0.15, 0.2) is 36.4 Å². The van der Waals surface area contributed by atoms with E-state index in [1.165, 1.54) is 5.56 Å². The predicted molar refractivity (Wildman–Crippen MR) is 84.4 cm³/mol. The van der Waals surface area contributed by atoms with E-state index in [0.29, 0.717) is 11.4 Å². The molecule has 2 aromatic rings. The molecule has 104 valence electrons. The molecule has 0 fully saturated rings. The summed E-state index contributed by atoms with van der Waals surface area (Å²) in [5.74, 6) is -0.0256. The topological polar surface area (TPSA) is 29.1 Å². The zero-order valence-electron chi connectivity index (χ0n) is 12.0. The number of benzene rings is 2. The van der Waals surface area contributed by atoms with Crippen molar-refractivity contribution in [3.05, 3.63) is 63.7 Å². The number of amides is 1. The van der Waals surface area contributed by atoms with Gasteiger partial charge < -0.3 is 5.32 Å². The Morgan fingerprint density at radius 1 is 1.05 bits per heavy atom. The van der Waals surface area contributed by atoms with E-state index in [2.05, 4.69) is 11.4 Å². The molecule has 20 heavy (non-hydrogen) atoms. The summed E-state index contributed by atoms with van der Waals surface area (Å²) >= 11 is 5.95. The van der Waals surface area contributed by atoms with Crippen molar-refractivity contribution in [2.75, 3.05) is 5.32 Å². The molecule has 0 aromatic heterocycles. The molecule has 2 nitrogen and oxygen atoms in total. The van der Waals surface area contributed by atoms with Crippen LogP contribution >= 0.6 is 11.6 Å². The Morgan fingerprint density at radius 3 is 2.50 bits per heavy atom. The molecule has 3 heteroatoms. The first-order valence-corrected chi connectivity index (χ1v) is 6.95. The van der Waals surface area contributed by atoms with Crippen LogP contribution in [-0.4, -0.2) is 5.91 Å². The highest BCUT2D eigenvalue weighted by Gasteiger charge is 2.08. The Labute approximate surface area is 124 Å². The SMILES string of the molecule is Cc1ccc(CC(=O)Nc2cc(Cl)ccc2C)c(C)c1. The van der Waals surface area contributed by atoms with E-state index in [9.17, 15) is 4.79 Å². The third-order valence-electron chi connectivity index (χ3n) is 3.32. The molecule has 0 aliphatic carbocycles. The van der Waals surface area contributed by atoms with E-state index in [1.54, 1.807) is 6.07 Å². The largest absolute Gasteiger partial charge is 0.326 e. The number of carbonyl (C=O) groups is 1. The second kappa shape index (κ2) is 6.10. The van der Waals surface area contributed by atoms with Crippen LogP contribution in [0.25, 0.3) is 0 Å². The smallest absolute Gasteiger partial charge is 0.228 e. The van der Waals surface area contributed by atoms with E-state index in [0.717, 1.165) is 22.4 Å². The van der Waals surface area contributed by atoms with Crippen molar-refractivity contribution in [2.45, 2.75) is 27.2 Å². The van der Waals surface area contributed by atoms with Crippen molar-refractivity contribution < 1.29 is 4.79 Å². The van der Waals surface area contributed by atoms with Crippen molar-refractivity contribution in [1.29, 1.82) is 0 Å². The summed E-state index contributed by atoms with van der Waals surface area (Å²) in [6, 6.07) is 11.6. The van der Waals surface area contributed by atoms with Gasteiger partial charge in [-0.25, -0.2) is 0 Å². The van der Waals surface area contributed by atoms with Crippen LogP contribution in [0.5, 0.6) is 0 Å². The molecule has 0 radical (unpaired) electrons. The number of nitrogens with one attached hydrogen (secondary N) is 1. The van der Waals surface area contributed by atoms with Crippen molar-refractivity contribution in [1.82, 2.24) is 0 Å². The van der Waals surface area contributed by atoms with Crippen LogP contribution in [0.3, 0.4) is 0 Å². The van der Waals surface area contributed by atoms with Gasteiger partial charge in [0.2, 0.25) is 5.91 Å². The molecule has 0 atom stereocenters. The lowest BCUT2D eigenvalue weighted by atomic mass is 10.0. The maximum Gasteiger partial charge on any atom is 0.228 e. The highest BCUT2D eigenvalue weighted by atomic mass is 35.5. The quantitative estimate of drug-likeness (QED) is 0.888. The lowest BCUT2D eigenvalue weighted by Crippen LogP contribution is -2.15. The lowest BCUT2D eigenvalue weighted by molar-refractivity contribution is -0.115. The lowest BCUT2D eigenvalue weighted by Gasteiger charge is -2.10. The summed E-state index contributed by atoms with van der Waals surface area (Å²) in [5.41, 5.74) is 5.17. The van der Waals surface area contributed by atoms with Crippen LogP contribution < -0.4 is 5.32 Å². The molecular weight excluding hydrogens is 270 g/mol. The minimum absolute atomic E-state index is 0.0256. The zero-order valence-corrected chi connectivity index (χ0v) is 12.7. The third kappa shape index (κ3) is 3.61. The van der Waals surface area contributed by atoms with Gasteiger partial charge in [0, 0.05) is 10.7 Å². The van der Waals surface area contributed by atoms with Gasteiger partial charge in [0.25, 0.3) is 0 Å². The summed E-state index contributed by atoms with van der Waals surface area (Å²) in [4.78, 5) is 12.1. The average molecular weight is 288 g/mol. The molecule has 0 saturated heterocycles. The highest BCUT2D eigenvalue weighted by Crippen LogP contribution is 2.20. The summed E-state index contributed by atoms with van der Waals surface area (Å²) in [6.45, 7) is 6.02. The number of hydrogen-bond donors (Lipinski definition) is 1. The molecule has 0 spiro atoms. The summed E-state index contributed by atoms with van der Waals surface area (Å²) < 4.78 is 0. The van der Waals surface area contributed by atoms with E-state index in [4.69, 9.17) is 11.6 Å². The van der Waals surface area contributed by atoms with Crippen LogP contribution in [-0.2, 0) is 11.2 Å². The average Bonchev–Trinajstić information content (AvgIpc) is 2.37. The van der Waals surface area contributed by atoms with Crippen molar-refractivity contribution >= 4 is 23.2 Å². The fourth-order valence-corrected chi connectivity index (χ4v) is 2.31. The van der Waals surface area contributed by atoms with Gasteiger partial charge in [-0.3, -0.25) is 4.79 Å². The fourth-order valence-electron chi connectivity index (χ4n) is 2.14. The van der Waals surface area contributed by atoms with Gasteiger partial charge in [0.1, 0.15) is 0 Å². The van der Waals surface area contributed by atoms with Gasteiger partial charge in [-0.15, -0.1) is 0 Å². The number of anilines is 1. The van der Waals surface area contributed by atoms with E-state index in [-0.39, 0.29) is 5.91 Å². The third-order valence-corrected chi connectivity index (χ3v) is 3.56. The molecule has 0 aliphatic rings. The number of hydrogen-bond acceptors (Lipinski definition) is 1. The number of rotatable bonds is 3. The Hall–Kier alpha value is -1.80. The second-order valence-electron chi connectivity index (χ2n) is 5.11. The Kier molecular flexibility index (Phi) is 4.46. The number of carbonyl (C=O) groups excluding carboxylic acids is 1. The van der Waals surface area contributed by atoms with Crippen LogP contribution in [0.4, 0.5) is 5.69 Å². The van der Waals surface area contributed by atoms with Gasteiger partial charge >= 0.3 is 0 Å². The molecule has 0 unspecified atom stereocenters. The second-order valence-corrected chi connectivity index (χ2v) is 5.55. The van der Waals surface area contributed by atoms with Gasteiger partial charge in [-0.1, -0.05) is 41.4 Å². The zero-order chi connectivity index (χ0) is 14.7. The molecule has 2 aromatic carbocycles. The summed E-state index contributed by atoms with van der Waals surface area (Å²) in [7, 11) is 0. The van der Waals surface area contributed by atoms with Crippen molar-refractivity contribution in [2.24, 2.45) is 0 Å². The monoisotopic (exact) mass is 287 g/mol. The molecule has 1 amide bonds. The first kappa shape index (κ1) is 14.6. The number of halogens is 1. The van der Waals surface area contributed by atoms with Gasteiger partial charge in [-0.05, 0) is 49.6 Å². The fraction of sp³-hybridized carbons (Fsp3) is 0.235. The van der Waals surface area contributed by atoms with Crippen molar-refractivity contribution in [3.63, 3.8) is 0 Å². The van der Waals surface area contributed by atoms with Gasteiger partial charge in [0.15, 0.2) is 0 Å². The van der Waals surface area contributed by atoms with Crippen LogP contribution in [0.2, 0.25) is 5.02 Å². The van der Waals surface area contributed by atoms with Gasteiger partial charge in [0.05, 0.1) is 6.42 Å². The minimum atomic E-state index is -0.0256. The molecule has 0 heterocycles. The first-order chi connectivity index (χ1) is 9.45. The van der Waals surface area contributed by atoms with Crippen LogP contribution in [0, 0.1) is 20.8 Å². The van der Waals surface area contributed by atoms with Gasteiger partial charge in [-0.2, -0.15) is 0 Å². The van der Waals surface area contributed by atoms with Crippen molar-refractivity contribution in [3.8, 4) is 0 Å². The van der Waals surface area contributed by atoms with Crippen LogP contribution in [0.1, 0.15) is 22.3 Å². The summed E-state index contributed by atoms with van der Waals surface area (Å²) in [6.07, 6.45) is 0.373. The molecular formula is C17H18ClNO. The normalized spacial score (nSPS) is 10.4. The minimum Gasteiger partial charge on any atom is -0.326 e. The Morgan fingerprint density at radius 2 is 1.80 bits per heavy atom. The molecule has 0 bridgehead atoms. The Balaban J connectivity index is 2.11. The molecule has 1 N–H and O–H groups in total. The molecule has 0 saturated carbocycles. The van der Waals surface area contributed by atoms with E-state index >= 15 is 0 Å². The number of aryl methyl sites for hydroxylation is 3. The maximum absolute atomic E-state index is 12.1. The maximum atomic E-state index is 12.1. The summed E-state index contributed by atoms with van der Waals surface area (Å²) in [5, 5.41) is 3.54.